The van der Waals surface area contributed by atoms with Crippen LogP contribution in [0.5, 0.6) is 5.75 Å². The lowest BCUT2D eigenvalue weighted by atomic mass is 10.1. The van der Waals surface area contributed by atoms with E-state index >= 15 is 0 Å². The van der Waals surface area contributed by atoms with Crippen molar-refractivity contribution in [1.82, 2.24) is 0 Å². The van der Waals surface area contributed by atoms with Gasteiger partial charge in [-0.2, -0.15) is 0 Å². The molecule has 1 nitrogen and oxygen atoms in total. The van der Waals surface area contributed by atoms with E-state index in [-0.39, 0.29) is 0 Å². The summed E-state index contributed by atoms with van der Waals surface area (Å²) in [4.78, 5) is 0. The van der Waals surface area contributed by atoms with E-state index in [1.165, 1.54) is 17.4 Å². The van der Waals surface area contributed by atoms with Crippen molar-refractivity contribution in [3.8, 4) is 5.75 Å². The number of hydrogen-bond donors (Lipinski definition) is 0. The van der Waals surface area contributed by atoms with Gasteiger partial charge >= 0.3 is 0 Å². The van der Waals surface area contributed by atoms with Crippen LogP contribution >= 0.6 is 0 Å². The molecular weight excluding hydrogens is 148 g/mol. The fraction of sp³-hybridized carbons (Fsp3) is 0.182. The van der Waals surface area contributed by atoms with Gasteiger partial charge in [0.15, 0.2) is 0 Å². The van der Waals surface area contributed by atoms with E-state index in [1.807, 2.05) is 26.0 Å². The van der Waals surface area contributed by atoms with Crippen LogP contribution in [0, 0.1) is 13.8 Å². The van der Waals surface area contributed by atoms with Gasteiger partial charge < -0.3 is 4.74 Å². The Morgan fingerprint density at radius 2 is 1.83 bits per heavy atom. The third kappa shape index (κ3) is 2.30. The number of benzene rings is 1. The molecule has 0 saturated carbocycles. The number of aryl methyl sites for hydroxylation is 2. The normalized spacial score (nSPS) is 8.83. The molecule has 0 atom stereocenters. The van der Waals surface area contributed by atoms with Crippen molar-refractivity contribution in [3.05, 3.63) is 47.9 Å². The van der Waals surface area contributed by atoms with Crippen LogP contribution in [-0.2, 0) is 0 Å². The number of rotatable bonds is 2. The molecule has 0 aliphatic rings. The molecule has 0 fully saturated rings. The van der Waals surface area contributed by atoms with Crippen molar-refractivity contribution < 1.29 is 4.74 Å². The van der Waals surface area contributed by atoms with Gasteiger partial charge in [-0.3, -0.25) is 0 Å². The first-order valence-electron chi connectivity index (χ1n) is 3.81. The van der Waals surface area contributed by atoms with Crippen LogP contribution in [0.25, 0.3) is 0 Å². The predicted octanol–water partition coefficient (Wildman–Crippen LogP) is 2.98. The zero-order chi connectivity index (χ0) is 8.97. The molecule has 62 valence electrons. The first kappa shape index (κ1) is 8.63. The third-order valence-electron chi connectivity index (χ3n) is 1.47. The summed E-state index contributed by atoms with van der Waals surface area (Å²) in [7, 11) is 0. The Labute approximate surface area is 73.0 Å². The van der Waals surface area contributed by atoms with E-state index < -0.39 is 0 Å². The molecule has 1 aromatic carbocycles. The minimum absolute atomic E-state index is 0.837. The molecule has 0 saturated heterocycles. The van der Waals surface area contributed by atoms with Gasteiger partial charge in [0.2, 0.25) is 0 Å². The van der Waals surface area contributed by atoms with Gasteiger partial charge in [-0.25, -0.2) is 0 Å². The molecule has 0 amide bonds. The summed E-state index contributed by atoms with van der Waals surface area (Å²) in [5.41, 5.74) is 4.95. The highest BCUT2D eigenvalue weighted by Gasteiger charge is 1.93. The predicted molar refractivity (Wildman–Crippen MR) is 50.3 cm³/mol. The minimum atomic E-state index is 0.837. The van der Waals surface area contributed by atoms with Crippen LogP contribution in [-0.4, -0.2) is 0 Å². The Hall–Kier alpha value is -1.46. The lowest BCUT2D eigenvalue weighted by molar-refractivity contribution is 0.482. The second-order valence-electron chi connectivity index (χ2n) is 2.76. The zero-order valence-electron chi connectivity index (χ0n) is 7.42. The summed E-state index contributed by atoms with van der Waals surface area (Å²) in [6.07, 6.45) is 1.45. The molecule has 0 radical (unpaired) electrons. The van der Waals surface area contributed by atoms with E-state index in [4.69, 9.17) is 4.74 Å². The fourth-order valence-corrected chi connectivity index (χ4v) is 1.11. The molecule has 1 heteroatoms. The summed E-state index contributed by atoms with van der Waals surface area (Å²) in [5, 5.41) is 0. The molecule has 0 aliphatic carbocycles. The molecule has 0 aliphatic heterocycles. The highest BCUT2D eigenvalue weighted by molar-refractivity contribution is 5.33. The lowest BCUT2D eigenvalue weighted by Gasteiger charge is -2.01. The highest BCUT2D eigenvalue weighted by atomic mass is 16.5. The van der Waals surface area contributed by atoms with Crippen molar-refractivity contribution >= 4 is 0 Å². The van der Waals surface area contributed by atoms with Gasteiger partial charge in [-0.1, -0.05) is 18.4 Å². The highest BCUT2D eigenvalue weighted by Crippen LogP contribution is 2.15. The Morgan fingerprint density at radius 3 is 2.33 bits per heavy atom. The average molecular weight is 160 g/mol. The zero-order valence-corrected chi connectivity index (χ0v) is 7.42. The van der Waals surface area contributed by atoms with E-state index in [0.717, 1.165) is 5.75 Å². The molecule has 1 aromatic rings. The molecule has 0 N–H and O–H groups in total. The average Bonchev–Trinajstić information content (AvgIpc) is 1.99. The number of ether oxygens (including phenoxy) is 1. The monoisotopic (exact) mass is 160 g/mol. The fourth-order valence-electron chi connectivity index (χ4n) is 1.11. The largest absolute Gasteiger partial charge is 0.457 e. The van der Waals surface area contributed by atoms with E-state index in [9.17, 15) is 0 Å². The van der Waals surface area contributed by atoms with Crippen molar-refractivity contribution in [1.29, 1.82) is 0 Å². The summed E-state index contributed by atoms with van der Waals surface area (Å²) in [5.74, 6) is 0.837. The molecule has 0 unspecified atom stereocenters. The van der Waals surface area contributed by atoms with E-state index in [2.05, 4.69) is 18.4 Å². The van der Waals surface area contributed by atoms with Gasteiger partial charge in [0.25, 0.3) is 0 Å². The topological polar surface area (TPSA) is 9.23 Å². The molecule has 0 spiro atoms. The summed E-state index contributed by atoms with van der Waals surface area (Å²) < 4.78 is 5.22. The van der Waals surface area contributed by atoms with Crippen molar-refractivity contribution in [2.45, 2.75) is 13.8 Å². The van der Waals surface area contributed by atoms with Gasteiger partial charge in [0, 0.05) is 0 Å². The Balaban J connectivity index is 2.92. The molecule has 0 heterocycles. The molecule has 12 heavy (non-hydrogen) atoms. The smallest absolute Gasteiger partial charge is 0.133 e. The molecule has 0 bridgehead atoms. The SMILES string of the molecule is C=C=COc1cc(C)cc(C)c1. The van der Waals surface area contributed by atoms with E-state index in [0.29, 0.717) is 0 Å². The molecular formula is C11H12O. The van der Waals surface area contributed by atoms with E-state index in [1.54, 1.807) is 0 Å². The summed E-state index contributed by atoms with van der Waals surface area (Å²) in [6.45, 7) is 7.49. The Kier molecular flexibility index (Phi) is 2.73. The van der Waals surface area contributed by atoms with Crippen LogP contribution in [0.1, 0.15) is 11.1 Å². The second-order valence-corrected chi connectivity index (χ2v) is 2.76. The van der Waals surface area contributed by atoms with Crippen LogP contribution in [0.3, 0.4) is 0 Å². The maximum Gasteiger partial charge on any atom is 0.133 e. The first-order valence-corrected chi connectivity index (χ1v) is 3.81. The molecule has 1 rings (SSSR count). The Bertz CT molecular complexity index is 300. The maximum absolute atomic E-state index is 5.22. The summed E-state index contributed by atoms with van der Waals surface area (Å²) in [6, 6.07) is 6.05. The number of hydrogen-bond acceptors (Lipinski definition) is 1. The van der Waals surface area contributed by atoms with Crippen molar-refractivity contribution in [2.75, 3.05) is 0 Å². The second kappa shape index (κ2) is 3.80. The first-order chi connectivity index (χ1) is 5.72. The van der Waals surface area contributed by atoms with Crippen LogP contribution in [0.2, 0.25) is 0 Å². The minimum Gasteiger partial charge on any atom is -0.457 e. The third-order valence-corrected chi connectivity index (χ3v) is 1.47. The van der Waals surface area contributed by atoms with Crippen LogP contribution in [0.15, 0.2) is 36.8 Å². The van der Waals surface area contributed by atoms with Gasteiger partial charge in [0.05, 0.1) is 0 Å². The maximum atomic E-state index is 5.22. The van der Waals surface area contributed by atoms with Crippen LogP contribution in [0.4, 0.5) is 0 Å². The van der Waals surface area contributed by atoms with Crippen LogP contribution < -0.4 is 4.74 Å². The van der Waals surface area contributed by atoms with Crippen molar-refractivity contribution in [3.63, 3.8) is 0 Å². The lowest BCUT2D eigenvalue weighted by Crippen LogP contribution is -1.83. The Morgan fingerprint density at radius 1 is 1.25 bits per heavy atom. The van der Waals surface area contributed by atoms with Gasteiger partial charge in [-0.15, -0.1) is 0 Å². The van der Waals surface area contributed by atoms with Gasteiger partial charge in [0.1, 0.15) is 12.0 Å². The van der Waals surface area contributed by atoms with Gasteiger partial charge in [-0.05, 0) is 37.1 Å². The van der Waals surface area contributed by atoms with Crippen molar-refractivity contribution in [2.24, 2.45) is 0 Å². The molecule has 0 aromatic heterocycles. The standard InChI is InChI=1S/C11H12O/c1-4-5-12-11-7-9(2)6-10(3)8-11/h5-8H,1H2,2-3H3. The quantitative estimate of drug-likeness (QED) is 0.477. The summed E-state index contributed by atoms with van der Waals surface area (Å²) >= 11 is 0.